The lowest BCUT2D eigenvalue weighted by Crippen LogP contribution is -2.39. The summed E-state index contributed by atoms with van der Waals surface area (Å²) in [4.78, 5) is 9.63. The van der Waals surface area contributed by atoms with Gasteiger partial charge in [0.2, 0.25) is 0 Å². The number of piperidine rings is 1. The molecule has 2 aliphatic rings. The molecular formula is C18H37N5O. The summed E-state index contributed by atoms with van der Waals surface area (Å²) in [6.45, 7) is 12.5. The van der Waals surface area contributed by atoms with E-state index in [0.717, 1.165) is 70.8 Å². The summed E-state index contributed by atoms with van der Waals surface area (Å²) in [5.41, 5.74) is 0. The summed E-state index contributed by atoms with van der Waals surface area (Å²) >= 11 is 0. The number of guanidine groups is 1. The van der Waals surface area contributed by atoms with E-state index < -0.39 is 0 Å². The quantitative estimate of drug-likeness (QED) is 0.392. The molecule has 0 aromatic heterocycles. The second-order valence-electron chi connectivity index (χ2n) is 7.03. The van der Waals surface area contributed by atoms with E-state index in [0.29, 0.717) is 0 Å². The maximum absolute atomic E-state index is 5.38. The molecule has 0 aliphatic carbocycles. The number of rotatable bonds is 8. The van der Waals surface area contributed by atoms with Crippen molar-refractivity contribution in [1.29, 1.82) is 0 Å². The van der Waals surface area contributed by atoms with Crippen LogP contribution in [0.15, 0.2) is 4.99 Å². The molecular weight excluding hydrogens is 302 g/mol. The number of nitrogens with zero attached hydrogens (tertiary/aromatic N) is 3. The molecule has 0 aromatic rings. The van der Waals surface area contributed by atoms with Crippen molar-refractivity contribution < 1.29 is 4.74 Å². The highest BCUT2D eigenvalue weighted by Gasteiger charge is 2.16. The van der Waals surface area contributed by atoms with Crippen molar-refractivity contribution in [3.8, 4) is 0 Å². The van der Waals surface area contributed by atoms with Gasteiger partial charge in [-0.1, -0.05) is 0 Å². The smallest absolute Gasteiger partial charge is 0.191 e. The molecule has 2 fully saturated rings. The largest absolute Gasteiger partial charge is 0.379 e. The number of hydrogen-bond acceptors (Lipinski definition) is 4. The van der Waals surface area contributed by atoms with Gasteiger partial charge >= 0.3 is 0 Å². The van der Waals surface area contributed by atoms with Crippen molar-refractivity contribution in [1.82, 2.24) is 20.4 Å². The highest BCUT2D eigenvalue weighted by molar-refractivity contribution is 5.79. The van der Waals surface area contributed by atoms with Crippen LogP contribution in [0.1, 0.15) is 32.6 Å². The van der Waals surface area contributed by atoms with Crippen LogP contribution in [0, 0.1) is 5.92 Å². The van der Waals surface area contributed by atoms with Gasteiger partial charge in [-0.3, -0.25) is 9.89 Å². The summed E-state index contributed by atoms with van der Waals surface area (Å²) in [6.07, 6.45) is 5.05. The summed E-state index contributed by atoms with van der Waals surface area (Å²) in [7, 11) is 2.22. The highest BCUT2D eigenvalue weighted by Crippen LogP contribution is 2.18. The Morgan fingerprint density at radius 1 is 1.12 bits per heavy atom. The summed E-state index contributed by atoms with van der Waals surface area (Å²) in [5, 5.41) is 6.87. The SMILES string of the molecule is CCNC(=NCCCN1CCOCC1)NCCC1CCN(C)CC1. The van der Waals surface area contributed by atoms with Gasteiger partial charge in [0.1, 0.15) is 0 Å². The van der Waals surface area contributed by atoms with E-state index in [-0.39, 0.29) is 0 Å². The first-order valence-corrected chi connectivity index (χ1v) is 9.78. The summed E-state index contributed by atoms with van der Waals surface area (Å²) < 4.78 is 5.38. The number of nitrogens with one attached hydrogen (secondary N) is 2. The average Bonchev–Trinajstić information content (AvgIpc) is 2.61. The molecule has 0 amide bonds. The molecule has 140 valence electrons. The van der Waals surface area contributed by atoms with E-state index in [1.807, 2.05) is 0 Å². The van der Waals surface area contributed by atoms with Crippen LogP contribution in [-0.4, -0.2) is 88.4 Å². The predicted octanol–water partition coefficient (Wildman–Crippen LogP) is 0.996. The van der Waals surface area contributed by atoms with E-state index in [4.69, 9.17) is 9.73 Å². The number of morpholine rings is 1. The van der Waals surface area contributed by atoms with Gasteiger partial charge in [-0.15, -0.1) is 0 Å². The average molecular weight is 340 g/mol. The third kappa shape index (κ3) is 7.81. The van der Waals surface area contributed by atoms with Crippen molar-refractivity contribution in [3.63, 3.8) is 0 Å². The van der Waals surface area contributed by atoms with Crippen molar-refractivity contribution in [2.45, 2.75) is 32.6 Å². The Balaban J connectivity index is 1.59. The molecule has 0 unspecified atom stereocenters. The maximum atomic E-state index is 5.38. The molecule has 0 radical (unpaired) electrons. The Kier molecular flexibility index (Phi) is 9.46. The predicted molar refractivity (Wildman–Crippen MR) is 101 cm³/mol. The minimum atomic E-state index is 0.873. The zero-order valence-corrected chi connectivity index (χ0v) is 15.7. The van der Waals surface area contributed by atoms with Gasteiger partial charge in [0.05, 0.1) is 13.2 Å². The second-order valence-corrected chi connectivity index (χ2v) is 7.03. The van der Waals surface area contributed by atoms with Crippen LogP contribution in [-0.2, 0) is 4.74 Å². The summed E-state index contributed by atoms with van der Waals surface area (Å²) in [6, 6.07) is 0. The number of hydrogen-bond donors (Lipinski definition) is 2. The van der Waals surface area contributed by atoms with Crippen LogP contribution in [0.2, 0.25) is 0 Å². The van der Waals surface area contributed by atoms with E-state index in [9.17, 15) is 0 Å². The second kappa shape index (κ2) is 11.7. The Morgan fingerprint density at radius 3 is 2.58 bits per heavy atom. The first-order valence-electron chi connectivity index (χ1n) is 9.78. The Bertz CT molecular complexity index is 349. The van der Waals surface area contributed by atoms with Gasteiger partial charge in [-0.2, -0.15) is 0 Å². The first-order chi connectivity index (χ1) is 11.8. The molecule has 2 aliphatic heterocycles. The molecule has 2 heterocycles. The lowest BCUT2D eigenvalue weighted by molar-refractivity contribution is 0.0377. The molecule has 6 heteroatoms. The Hall–Kier alpha value is -0.850. The van der Waals surface area contributed by atoms with Gasteiger partial charge in [0.15, 0.2) is 5.96 Å². The van der Waals surface area contributed by atoms with Crippen LogP contribution in [0.3, 0.4) is 0 Å². The molecule has 6 nitrogen and oxygen atoms in total. The Morgan fingerprint density at radius 2 is 1.88 bits per heavy atom. The lowest BCUT2D eigenvalue weighted by Gasteiger charge is -2.29. The normalized spacial score (nSPS) is 21.8. The lowest BCUT2D eigenvalue weighted by atomic mass is 9.94. The standard InChI is InChI=1S/C18H37N5O/c1-3-19-18(20-8-4-10-23-13-15-24-16-14-23)21-9-5-17-6-11-22(2)12-7-17/h17H,3-16H2,1-2H3,(H2,19,20,21). The third-order valence-corrected chi connectivity index (χ3v) is 5.03. The number of likely N-dealkylation sites (tertiary alicyclic amines) is 1. The molecule has 0 atom stereocenters. The monoisotopic (exact) mass is 339 g/mol. The Labute approximate surface area is 148 Å². The molecule has 0 bridgehead atoms. The van der Waals surface area contributed by atoms with Crippen molar-refractivity contribution in [2.24, 2.45) is 10.9 Å². The number of ether oxygens (including phenoxy) is 1. The van der Waals surface area contributed by atoms with Crippen molar-refractivity contribution >= 4 is 5.96 Å². The first kappa shape index (κ1) is 19.5. The molecule has 2 rings (SSSR count). The molecule has 0 spiro atoms. The van der Waals surface area contributed by atoms with Gasteiger partial charge in [0.25, 0.3) is 0 Å². The van der Waals surface area contributed by atoms with Crippen LogP contribution in [0.5, 0.6) is 0 Å². The maximum Gasteiger partial charge on any atom is 0.191 e. The highest BCUT2D eigenvalue weighted by atomic mass is 16.5. The van der Waals surface area contributed by atoms with Gasteiger partial charge in [-0.05, 0) is 58.7 Å². The minimum absolute atomic E-state index is 0.873. The van der Waals surface area contributed by atoms with Gasteiger partial charge in [-0.25, -0.2) is 0 Å². The fraction of sp³-hybridized carbons (Fsp3) is 0.944. The van der Waals surface area contributed by atoms with E-state index >= 15 is 0 Å². The fourth-order valence-corrected chi connectivity index (χ4v) is 3.40. The van der Waals surface area contributed by atoms with Crippen molar-refractivity contribution in [2.75, 3.05) is 72.6 Å². The van der Waals surface area contributed by atoms with Crippen LogP contribution in [0.25, 0.3) is 0 Å². The minimum Gasteiger partial charge on any atom is -0.379 e. The molecule has 2 N–H and O–H groups in total. The topological polar surface area (TPSA) is 52.1 Å². The molecule has 0 aromatic carbocycles. The molecule has 0 saturated carbocycles. The van der Waals surface area contributed by atoms with Crippen LogP contribution >= 0.6 is 0 Å². The van der Waals surface area contributed by atoms with Gasteiger partial charge < -0.3 is 20.3 Å². The van der Waals surface area contributed by atoms with Crippen molar-refractivity contribution in [3.05, 3.63) is 0 Å². The fourth-order valence-electron chi connectivity index (χ4n) is 3.40. The van der Waals surface area contributed by atoms with Crippen LogP contribution < -0.4 is 10.6 Å². The van der Waals surface area contributed by atoms with E-state index in [1.165, 1.54) is 32.4 Å². The van der Waals surface area contributed by atoms with Crippen LogP contribution in [0.4, 0.5) is 0 Å². The summed E-state index contributed by atoms with van der Waals surface area (Å²) in [5.74, 6) is 1.85. The third-order valence-electron chi connectivity index (χ3n) is 5.03. The molecule has 24 heavy (non-hydrogen) atoms. The van der Waals surface area contributed by atoms with Gasteiger partial charge in [0, 0.05) is 39.3 Å². The zero-order valence-electron chi connectivity index (χ0n) is 15.7. The zero-order chi connectivity index (χ0) is 17.0. The van der Waals surface area contributed by atoms with E-state index in [2.05, 4.69) is 34.4 Å². The number of aliphatic imine (C=N–C) groups is 1. The molecule has 2 saturated heterocycles. The van der Waals surface area contributed by atoms with E-state index in [1.54, 1.807) is 0 Å².